The van der Waals surface area contributed by atoms with E-state index in [0.717, 1.165) is 25.7 Å². The molecule has 0 radical (unpaired) electrons. The maximum Gasteiger partial charge on any atom is 0.224 e. The minimum atomic E-state index is -1.03. The number of rotatable bonds is 6. The van der Waals surface area contributed by atoms with Gasteiger partial charge in [0.2, 0.25) is 11.9 Å². The number of aliphatic hydroxyl groups excluding tert-OH is 1. The second-order valence-corrected chi connectivity index (χ2v) is 6.61. The lowest BCUT2D eigenvalue weighted by Gasteiger charge is -2.27. The van der Waals surface area contributed by atoms with Crippen molar-refractivity contribution >= 4 is 11.8 Å². The van der Waals surface area contributed by atoms with Crippen molar-refractivity contribution in [2.45, 2.75) is 50.9 Å². The third-order valence-corrected chi connectivity index (χ3v) is 4.36. The highest BCUT2D eigenvalue weighted by Crippen LogP contribution is 2.29. The number of nitrogens with one attached hydrogen (secondary N) is 2. The summed E-state index contributed by atoms with van der Waals surface area (Å²) in [5, 5.41) is 15.9. The number of aliphatic hydroxyl groups is 1. The van der Waals surface area contributed by atoms with Crippen molar-refractivity contribution in [1.29, 1.82) is 0 Å². The van der Waals surface area contributed by atoms with Gasteiger partial charge in [0.1, 0.15) is 12.0 Å². The van der Waals surface area contributed by atoms with Crippen LogP contribution >= 0.6 is 0 Å². The Labute approximate surface area is 151 Å². The second kappa shape index (κ2) is 8.35. The van der Waals surface area contributed by atoms with Crippen LogP contribution in [0.1, 0.15) is 32.6 Å². The summed E-state index contributed by atoms with van der Waals surface area (Å²) in [7, 11) is 0. The van der Waals surface area contributed by atoms with Crippen LogP contribution in [0.3, 0.4) is 0 Å². The molecule has 0 amide bonds. The maximum atomic E-state index is 13.5. The van der Waals surface area contributed by atoms with Gasteiger partial charge < -0.3 is 15.7 Å². The lowest BCUT2D eigenvalue weighted by Crippen LogP contribution is -2.29. The van der Waals surface area contributed by atoms with E-state index < -0.39 is 12.1 Å². The number of alkyl halides is 1. The summed E-state index contributed by atoms with van der Waals surface area (Å²) in [6.07, 6.45) is 3.34. The largest absolute Gasteiger partial charge is 0.393 e. The molecule has 2 heterocycles. The molecule has 1 aliphatic rings. The Morgan fingerprint density at radius 3 is 2.69 bits per heavy atom. The van der Waals surface area contributed by atoms with Crippen molar-refractivity contribution in [2.75, 3.05) is 17.2 Å². The minimum Gasteiger partial charge on any atom is -0.393 e. The van der Waals surface area contributed by atoms with E-state index in [1.54, 1.807) is 18.3 Å². The zero-order chi connectivity index (χ0) is 18.5. The van der Waals surface area contributed by atoms with Gasteiger partial charge in [-0.3, -0.25) is 0 Å². The summed E-state index contributed by atoms with van der Waals surface area (Å²) in [5.74, 6) is 0.240. The van der Waals surface area contributed by atoms with Gasteiger partial charge in [-0.2, -0.15) is 9.37 Å². The molecule has 2 aromatic rings. The lowest BCUT2D eigenvalue weighted by molar-refractivity contribution is 0.126. The highest BCUT2D eigenvalue weighted by molar-refractivity contribution is 5.72. The smallest absolute Gasteiger partial charge is 0.224 e. The van der Waals surface area contributed by atoms with Gasteiger partial charge in [-0.15, -0.1) is 0 Å². The summed E-state index contributed by atoms with van der Waals surface area (Å²) < 4.78 is 26.6. The molecule has 6 nitrogen and oxygen atoms in total. The fourth-order valence-corrected chi connectivity index (χ4v) is 2.97. The van der Waals surface area contributed by atoms with Gasteiger partial charge >= 0.3 is 0 Å². The van der Waals surface area contributed by atoms with E-state index in [1.807, 2.05) is 0 Å². The standard InChI is InChI=1S/C18H23F2N5O/c1-11(19)9-21-18-22-10-14(15-3-2-4-16(20)24-15)17(25-18)23-12-5-7-13(26)8-6-12/h2-4,10-13,26H,5-9H2,1H3,(H2,21,22,23,25)/t11-,12-,13-/m0/s1. The fourth-order valence-electron chi connectivity index (χ4n) is 2.97. The Kier molecular flexibility index (Phi) is 5.92. The number of pyridine rings is 1. The Hall–Kier alpha value is -2.35. The van der Waals surface area contributed by atoms with Crippen LogP contribution in [0.4, 0.5) is 20.5 Å². The van der Waals surface area contributed by atoms with Crippen molar-refractivity contribution in [3.05, 3.63) is 30.3 Å². The minimum absolute atomic E-state index is 0.104. The quantitative estimate of drug-likeness (QED) is 0.684. The average Bonchev–Trinajstić information content (AvgIpc) is 2.62. The molecule has 2 aromatic heterocycles. The van der Waals surface area contributed by atoms with E-state index >= 15 is 0 Å². The summed E-state index contributed by atoms with van der Waals surface area (Å²) in [6, 6.07) is 4.69. The monoisotopic (exact) mass is 363 g/mol. The molecule has 0 spiro atoms. The van der Waals surface area contributed by atoms with Gasteiger partial charge in [0.25, 0.3) is 0 Å². The topological polar surface area (TPSA) is 83.0 Å². The molecule has 1 fully saturated rings. The first-order valence-electron chi connectivity index (χ1n) is 8.84. The molecule has 8 heteroatoms. The lowest BCUT2D eigenvalue weighted by atomic mass is 9.93. The molecule has 26 heavy (non-hydrogen) atoms. The highest BCUT2D eigenvalue weighted by atomic mass is 19.1. The molecular formula is C18H23F2N5O. The van der Waals surface area contributed by atoms with Gasteiger partial charge in [-0.25, -0.2) is 14.4 Å². The first kappa shape index (κ1) is 18.4. The van der Waals surface area contributed by atoms with Crippen molar-refractivity contribution in [3.63, 3.8) is 0 Å². The van der Waals surface area contributed by atoms with E-state index in [4.69, 9.17) is 0 Å². The third kappa shape index (κ3) is 4.85. The molecular weight excluding hydrogens is 340 g/mol. The molecule has 140 valence electrons. The second-order valence-electron chi connectivity index (χ2n) is 6.61. The van der Waals surface area contributed by atoms with Crippen molar-refractivity contribution in [3.8, 4) is 11.3 Å². The highest BCUT2D eigenvalue weighted by Gasteiger charge is 2.21. The van der Waals surface area contributed by atoms with Gasteiger partial charge in [0.05, 0.1) is 17.4 Å². The Bertz CT molecular complexity index is 735. The number of aromatic nitrogens is 3. The molecule has 0 unspecified atom stereocenters. The average molecular weight is 363 g/mol. The molecule has 0 saturated heterocycles. The zero-order valence-corrected chi connectivity index (χ0v) is 14.6. The van der Waals surface area contributed by atoms with Gasteiger partial charge in [0, 0.05) is 18.8 Å². The maximum absolute atomic E-state index is 13.5. The summed E-state index contributed by atoms with van der Waals surface area (Å²) in [5.41, 5.74) is 1.00. The zero-order valence-electron chi connectivity index (χ0n) is 14.6. The molecule has 1 aliphatic carbocycles. The molecule has 1 atom stereocenters. The van der Waals surface area contributed by atoms with E-state index in [1.165, 1.54) is 13.0 Å². The van der Waals surface area contributed by atoms with Gasteiger partial charge in [0.15, 0.2) is 0 Å². The van der Waals surface area contributed by atoms with Crippen LogP contribution in [0.15, 0.2) is 24.4 Å². The predicted octanol–water partition coefficient (Wildman–Crippen LogP) is 3.16. The third-order valence-electron chi connectivity index (χ3n) is 4.36. The summed E-state index contributed by atoms with van der Waals surface area (Å²) >= 11 is 0. The molecule has 0 bridgehead atoms. The Balaban J connectivity index is 1.87. The molecule has 3 rings (SSSR count). The number of anilines is 2. The predicted molar refractivity (Wildman–Crippen MR) is 96.2 cm³/mol. The van der Waals surface area contributed by atoms with Crippen LogP contribution in [0.5, 0.6) is 0 Å². The normalized spacial score (nSPS) is 21.2. The van der Waals surface area contributed by atoms with Crippen molar-refractivity contribution in [1.82, 2.24) is 15.0 Å². The fraction of sp³-hybridized carbons (Fsp3) is 0.500. The van der Waals surface area contributed by atoms with Gasteiger partial charge in [-0.1, -0.05) is 6.07 Å². The molecule has 1 saturated carbocycles. The SMILES string of the molecule is C[C@H](F)CNc1ncc(-c2cccc(F)n2)c(N[C@H]2CC[C@H](O)CC2)n1. The first-order chi connectivity index (χ1) is 12.5. The van der Waals surface area contributed by atoms with E-state index in [9.17, 15) is 13.9 Å². The first-order valence-corrected chi connectivity index (χ1v) is 8.84. The van der Waals surface area contributed by atoms with E-state index in [2.05, 4.69) is 25.6 Å². The molecule has 3 N–H and O–H groups in total. The van der Waals surface area contributed by atoms with Crippen LogP contribution in [0, 0.1) is 5.95 Å². The number of halogens is 2. The van der Waals surface area contributed by atoms with Crippen LogP contribution < -0.4 is 10.6 Å². The summed E-state index contributed by atoms with van der Waals surface area (Å²) in [4.78, 5) is 12.5. The Morgan fingerprint density at radius 1 is 1.23 bits per heavy atom. The van der Waals surface area contributed by atoms with Crippen molar-refractivity contribution < 1.29 is 13.9 Å². The van der Waals surface area contributed by atoms with Crippen LogP contribution in [-0.2, 0) is 0 Å². The Morgan fingerprint density at radius 2 is 2.00 bits per heavy atom. The van der Waals surface area contributed by atoms with Crippen LogP contribution in [0.25, 0.3) is 11.3 Å². The molecule has 0 aliphatic heterocycles. The van der Waals surface area contributed by atoms with Crippen LogP contribution in [-0.4, -0.2) is 44.9 Å². The number of nitrogens with zero attached hydrogens (tertiary/aromatic N) is 3. The van der Waals surface area contributed by atoms with Crippen LogP contribution in [0.2, 0.25) is 0 Å². The van der Waals surface area contributed by atoms with Gasteiger partial charge in [-0.05, 0) is 44.7 Å². The number of hydrogen-bond donors (Lipinski definition) is 3. The number of hydrogen-bond acceptors (Lipinski definition) is 6. The van der Waals surface area contributed by atoms with E-state index in [-0.39, 0.29) is 18.7 Å². The van der Waals surface area contributed by atoms with Crippen molar-refractivity contribution in [2.24, 2.45) is 0 Å². The van der Waals surface area contributed by atoms with E-state index in [0.29, 0.717) is 23.0 Å². The summed E-state index contributed by atoms with van der Waals surface area (Å²) in [6.45, 7) is 1.55. The molecule has 0 aromatic carbocycles.